The van der Waals surface area contributed by atoms with Gasteiger partial charge in [0.2, 0.25) is 5.91 Å². The van der Waals surface area contributed by atoms with Crippen LogP contribution in [0, 0.1) is 11.6 Å². The lowest BCUT2D eigenvalue weighted by Gasteiger charge is -2.39. The first-order chi connectivity index (χ1) is 17.2. The molecule has 1 spiro atoms. The summed E-state index contributed by atoms with van der Waals surface area (Å²) in [5, 5.41) is 2.75. The number of allylic oxidation sites excluding steroid dienone is 3. The van der Waals surface area contributed by atoms with Crippen LogP contribution in [0.3, 0.4) is 0 Å². The molecule has 7 nitrogen and oxygen atoms in total. The average molecular weight is 495 g/mol. The topological polar surface area (TPSA) is 76.1 Å². The minimum atomic E-state index is -0.819. The second-order valence-corrected chi connectivity index (χ2v) is 8.72. The Morgan fingerprint density at radius 1 is 1.22 bits per heavy atom. The molecule has 1 amide bonds. The van der Waals surface area contributed by atoms with Crippen molar-refractivity contribution in [2.24, 2.45) is 4.99 Å². The molecule has 0 unspecified atom stereocenters. The van der Waals surface area contributed by atoms with Crippen LogP contribution in [-0.4, -0.2) is 38.4 Å². The summed E-state index contributed by atoms with van der Waals surface area (Å²) >= 11 is 0. The van der Waals surface area contributed by atoms with E-state index in [1.54, 1.807) is 24.4 Å². The van der Waals surface area contributed by atoms with E-state index in [-0.39, 0.29) is 29.6 Å². The lowest BCUT2D eigenvalue weighted by atomic mass is 9.84. The number of rotatable bonds is 7. The van der Waals surface area contributed by atoms with Crippen molar-refractivity contribution in [3.8, 4) is 11.5 Å². The van der Waals surface area contributed by atoms with Crippen LogP contribution < -0.4 is 19.7 Å². The zero-order valence-corrected chi connectivity index (χ0v) is 20.7. The third-order valence-electron chi connectivity index (χ3n) is 6.77. The third-order valence-corrected chi connectivity index (χ3v) is 6.77. The number of amides is 1. The highest BCUT2D eigenvalue weighted by Crippen LogP contribution is 2.59. The van der Waals surface area contributed by atoms with E-state index >= 15 is 8.78 Å². The number of anilines is 1. The minimum Gasteiger partial charge on any atom is -0.493 e. The molecule has 36 heavy (non-hydrogen) atoms. The van der Waals surface area contributed by atoms with E-state index in [9.17, 15) is 4.79 Å². The monoisotopic (exact) mass is 494 g/mol. The number of hydrogen-bond donors (Lipinski definition) is 1. The highest BCUT2D eigenvalue weighted by molar-refractivity contribution is 5.98. The number of nitrogens with one attached hydrogen (secondary N) is 1. The summed E-state index contributed by atoms with van der Waals surface area (Å²) in [7, 11) is 4.24. The van der Waals surface area contributed by atoms with Gasteiger partial charge in [0.1, 0.15) is 5.69 Å². The highest BCUT2D eigenvalue weighted by Gasteiger charge is 2.53. The standard InChI is InChI=1S/C27H28F2N4O3/c1-7-23(34)32-20(13-30-4)15(2)19-10-18-17(12-31-19)14-33(16(3)27(18)8-9-27)26-24(28)21(35-5)11-22(36-6)25(26)29/h7,10-13H,1,3,8-9,14H2,2,4-6H3,(H,32,34)/b20-15-,30-13?. The fraction of sp³-hybridized carbons (Fsp3) is 0.296. The van der Waals surface area contributed by atoms with Crippen molar-refractivity contribution in [2.75, 3.05) is 26.2 Å². The highest BCUT2D eigenvalue weighted by atomic mass is 19.1. The van der Waals surface area contributed by atoms with E-state index in [1.165, 1.54) is 26.4 Å². The molecule has 2 aliphatic rings. The second kappa shape index (κ2) is 9.56. The number of hydrogen-bond acceptors (Lipinski definition) is 6. The first-order valence-electron chi connectivity index (χ1n) is 11.4. The van der Waals surface area contributed by atoms with E-state index in [4.69, 9.17) is 9.47 Å². The van der Waals surface area contributed by atoms with Gasteiger partial charge in [-0.05, 0) is 48.6 Å². The van der Waals surface area contributed by atoms with Crippen molar-refractivity contribution in [1.82, 2.24) is 10.3 Å². The van der Waals surface area contributed by atoms with Gasteiger partial charge in [-0.1, -0.05) is 13.2 Å². The molecule has 1 aliphatic carbocycles. The second-order valence-electron chi connectivity index (χ2n) is 8.72. The van der Waals surface area contributed by atoms with E-state index < -0.39 is 17.0 Å². The van der Waals surface area contributed by atoms with E-state index in [1.807, 2.05) is 13.0 Å². The van der Waals surface area contributed by atoms with Crippen LogP contribution in [0.2, 0.25) is 0 Å². The van der Waals surface area contributed by atoms with Crippen LogP contribution in [0.1, 0.15) is 36.6 Å². The normalized spacial score (nSPS) is 16.5. The smallest absolute Gasteiger partial charge is 0.247 e. The molecule has 4 rings (SSSR count). The number of carbonyl (C=O) groups excluding carboxylic acids is 1. The van der Waals surface area contributed by atoms with Crippen molar-refractivity contribution < 1.29 is 23.0 Å². The fourth-order valence-electron chi connectivity index (χ4n) is 4.62. The molecule has 1 aromatic heterocycles. The van der Waals surface area contributed by atoms with Crippen LogP contribution in [0.25, 0.3) is 5.57 Å². The van der Waals surface area contributed by atoms with Gasteiger partial charge in [-0.3, -0.25) is 14.8 Å². The number of fused-ring (bicyclic) bond motifs is 2. The maximum Gasteiger partial charge on any atom is 0.247 e. The molecule has 1 fully saturated rings. The summed E-state index contributed by atoms with van der Waals surface area (Å²) < 4.78 is 40.9. The van der Waals surface area contributed by atoms with Gasteiger partial charge in [-0.25, -0.2) is 8.78 Å². The third kappa shape index (κ3) is 4.04. The van der Waals surface area contributed by atoms with E-state index in [0.717, 1.165) is 29.5 Å². The summed E-state index contributed by atoms with van der Waals surface area (Å²) in [6, 6.07) is 3.15. The van der Waals surface area contributed by atoms with Gasteiger partial charge in [0, 0.05) is 43.2 Å². The lowest BCUT2D eigenvalue weighted by molar-refractivity contribution is -0.115. The molecule has 2 aromatic rings. The first kappa shape index (κ1) is 25.1. The SMILES string of the molecule is C=CC(=O)N/C(C=NC)=C(/C)c1cc2c(cn1)CN(c1c(F)c(OC)cc(OC)c1F)C(=C)C21CC1. The molecule has 1 N–H and O–H groups in total. The molecule has 0 atom stereocenters. The van der Waals surface area contributed by atoms with Crippen LogP contribution in [0.15, 0.2) is 53.9 Å². The average Bonchev–Trinajstić information content (AvgIpc) is 3.68. The number of benzene rings is 1. The predicted molar refractivity (Wildman–Crippen MR) is 135 cm³/mol. The molecule has 1 aliphatic heterocycles. The maximum absolute atomic E-state index is 15.3. The molecular weight excluding hydrogens is 466 g/mol. The number of methoxy groups -OCH3 is 2. The number of halogens is 2. The van der Waals surface area contributed by atoms with Gasteiger partial charge >= 0.3 is 0 Å². The van der Waals surface area contributed by atoms with Crippen molar-refractivity contribution in [3.63, 3.8) is 0 Å². The predicted octanol–water partition coefficient (Wildman–Crippen LogP) is 4.68. The largest absolute Gasteiger partial charge is 0.493 e. The van der Waals surface area contributed by atoms with Crippen molar-refractivity contribution in [2.45, 2.75) is 31.7 Å². The molecule has 0 radical (unpaired) electrons. The van der Waals surface area contributed by atoms with Crippen LogP contribution in [0.4, 0.5) is 14.5 Å². The molecular formula is C27H28F2N4O3. The minimum absolute atomic E-state index is 0.118. The van der Waals surface area contributed by atoms with Crippen LogP contribution in [-0.2, 0) is 16.8 Å². The summed E-state index contributed by atoms with van der Waals surface area (Å²) in [5.41, 5.74) is 3.58. The van der Waals surface area contributed by atoms with Gasteiger partial charge in [-0.2, -0.15) is 0 Å². The van der Waals surface area contributed by atoms with Crippen molar-refractivity contribution in [1.29, 1.82) is 0 Å². The number of ether oxygens (including phenoxy) is 2. The summed E-state index contributed by atoms with van der Waals surface area (Å²) in [6.45, 7) is 9.76. The first-order valence-corrected chi connectivity index (χ1v) is 11.4. The van der Waals surface area contributed by atoms with Crippen molar-refractivity contribution in [3.05, 3.63) is 77.4 Å². The number of nitrogens with zero attached hydrogens (tertiary/aromatic N) is 3. The number of carbonyl (C=O) groups is 1. The molecule has 188 valence electrons. The summed E-state index contributed by atoms with van der Waals surface area (Å²) in [5.74, 6) is -2.23. The van der Waals surface area contributed by atoms with Gasteiger partial charge in [0.05, 0.1) is 25.6 Å². The molecule has 1 saturated carbocycles. The van der Waals surface area contributed by atoms with Crippen LogP contribution >= 0.6 is 0 Å². The number of aromatic nitrogens is 1. The van der Waals surface area contributed by atoms with Crippen molar-refractivity contribution >= 4 is 23.4 Å². The Kier molecular flexibility index (Phi) is 6.67. The zero-order chi connectivity index (χ0) is 26.2. The Balaban J connectivity index is 1.81. The fourth-order valence-corrected chi connectivity index (χ4v) is 4.62. The maximum atomic E-state index is 15.3. The Bertz CT molecular complexity index is 1300. The lowest BCUT2D eigenvalue weighted by Crippen LogP contribution is -2.36. The van der Waals surface area contributed by atoms with Gasteiger partial charge in [0.15, 0.2) is 23.1 Å². The van der Waals surface area contributed by atoms with E-state index in [0.29, 0.717) is 17.1 Å². The van der Waals surface area contributed by atoms with Gasteiger partial charge < -0.3 is 19.7 Å². The van der Waals surface area contributed by atoms with Gasteiger partial charge in [-0.15, -0.1) is 0 Å². The summed E-state index contributed by atoms with van der Waals surface area (Å²) in [4.78, 5) is 22.1. The number of pyridine rings is 1. The Morgan fingerprint density at radius 3 is 2.39 bits per heavy atom. The quantitative estimate of drug-likeness (QED) is 0.447. The van der Waals surface area contributed by atoms with E-state index in [2.05, 4.69) is 28.5 Å². The molecule has 2 heterocycles. The van der Waals surface area contributed by atoms with Crippen LogP contribution in [0.5, 0.6) is 11.5 Å². The Labute approximate surface area is 208 Å². The Morgan fingerprint density at radius 2 is 1.86 bits per heavy atom. The molecule has 0 bridgehead atoms. The molecule has 1 aromatic carbocycles. The number of aliphatic imine (C=N–C) groups is 1. The van der Waals surface area contributed by atoms with Gasteiger partial charge in [0.25, 0.3) is 0 Å². The Hall–Kier alpha value is -4.01. The molecule has 0 saturated heterocycles. The molecule has 9 heteroatoms. The summed E-state index contributed by atoms with van der Waals surface area (Å²) in [6.07, 6.45) is 6.00. The zero-order valence-electron chi connectivity index (χ0n) is 20.7.